The van der Waals surface area contributed by atoms with Crippen LogP contribution in [0, 0.1) is 11.6 Å². The molecule has 158 valence electrons. The average molecular weight is 442 g/mol. The molecule has 1 amide bonds. The molecule has 2 aromatic heterocycles. The van der Waals surface area contributed by atoms with Crippen molar-refractivity contribution in [2.45, 2.75) is 16.3 Å². The summed E-state index contributed by atoms with van der Waals surface area (Å²) < 4.78 is 53.5. The van der Waals surface area contributed by atoms with E-state index in [1.54, 1.807) is 22.7 Å². The van der Waals surface area contributed by atoms with Gasteiger partial charge in [0.2, 0.25) is 9.84 Å². The van der Waals surface area contributed by atoms with Crippen LogP contribution in [0.5, 0.6) is 0 Å². The topological polar surface area (TPSA) is 107 Å². The molecule has 0 spiro atoms. The summed E-state index contributed by atoms with van der Waals surface area (Å²) in [6, 6.07) is 11.1. The predicted octanol–water partition coefficient (Wildman–Crippen LogP) is 2.96. The normalized spacial score (nSPS) is 11.5. The molecule has 0 atom stereocenters. The van der Waals surface area contributed by atoms with E-state index in [1.807, 2.05) is 0 Å². The molecule has 0 saturated carbocycles. The summed E-state index contributed by atoms with van der Waals surface area (Å²) in [6.07, 6.45) is 3.06. The second-order valence-electron chi connectivity index (χ2n) is 6.76. The van der Waals surface area contributed by atoms with Gasteiger partial charge in [-0.2, -0.15) is 0 Å². The van der Waals surface area contributed by atoms with Crippen molar-refractivity contribution in [3.05, 3.63) is 89.8 Å². The molecular formula is C21H16F2N4O3S. The Morgan fingerprint density at radius 1 is 1.00 bits per heavy atom. The van der Waals surface area contributed by atoms with Crippen molar-refractivity contribution >= 4 is 27.2 Å². The Hall–Kier alpha value is -3.79. The Morgan fingerprint density at radius 3 is 2.35 bits per heavy atom. The fourth-order valence-electron chi connectivity index (χ4n) is 3.02. The van der Waals surface area contributed by atoms with E-state index in [0.717, 1.165) is 12.1 Å². The minimum atomic E-state index is -4.08. The predicted molar refractivity (Wildman–Crippen MR) is 109 cm³/mol. The smallest absolute Gasteiger partial charge is 0.253 e. The van der Waals surface area contributed by atoms with Crippen molar-refractivity contribution in [3.8, 4) is 0 Å². The molecule has 4 rings (SSSR count). The number of carbonyl (C=O) groups excluding carboxylic acids is 1. The van der Waals surface area contributed by atoms with Gasteiger partial charge in [0.1, 0.15) is 23.1 Å². The second-order valence-corrected chi connectivity index (χ2v) is 8.71. The standard InChI is InChI=1S/C21H16F2N4O3S/c22-15-7-16(23)9-18(8-15)31(29,30)17-4-1-13(2-5-17)10-26-21(28)14-3-6-20-25-11-19(24)27(20)12-14/h1-9,11-12H,10,24H2,(H,26,28). The Labute approximate surface area is 176 Å². The zero-order valence-electron chi connectivity index (χ0n) is 15.9. The lowest BCUT2D eigenvalue weighted by Crippen LogP contribution is -2.23. The van der Waals surface area contributed by atoms with Gasteiger partial charge in [-0.25, -0.2) is 22.2 Å². The molecule has 4 aromatic rings. The number of halogens is 2. The first-order valence-electron chi connectivity index (χ1n) is 9.05. The highest BCUT2D eigenvalue weighted by Crippen LogP contribution is 2.23. The fourth-order valence-corrected chi connectivity index (χ4v) is 4.33. The van der Waals surface area contributed by atoms with Gasteiger partial charge in [-0.1, -0.05) is 12.1 Å². The van der Waals surface area contributed by atoms with E-state index in [4.69, 9.17) is 5.73 Å². The molecule has 0 aliphatic heterocycles. The number of hydrogen-bond acceptors (Lipinski definition) is 5. The first kappa shape index (κ1) is 20.5. The highest BCUT2D eigenvalue weighted by atomic mass is 32.2. The maximum Gasteiger partial charge on any atom is 0.253 e. The molecule has 0 unspecified atom stereocenters. The molecule has 3 N–H and O–H groups in total. The van der Waals surface area contributed by atoms with Gasteiger partial charge in [-0.3, -0.25) is 9.20 Å². The van der Waals surface area contributed by atoms with E-state index in [9.17, 15) is 22.0 Å². The van der Waals surface area contributed by atoms with Gasteiger partial charge in [0.05, 0.1) is 21.6 Å². The van der Waals surface area contributed by atoms with Gasteiger partial charge >= 0.3 is 0 Å². The van der Waals surface area contributed by atoms with Crippen molar-refractivity contribution in [1.29, 1.82) is 0 Å². The number of amides is 1. The number of imidazole rings is 1. The van der Waals surface area contributed by atoms with Crippen molar-refractivity contribution in [2.75, 3.05) is 5.73 Å². The highest BCUT2D eigenvalue weighted by molar-refractivity contribution is 7.91. The Morgan fingerprint density at radius 2 is 1.68 bits per heavy atom. The summed E-state index contributed by atoms with van der Waals surface area (Å²) >= 11 is 0. The summed E-state index contributed by atoms with van der Waals surface area (Å²) in [5, 5.41) is 2.73. The molecule has 7 nitrogen and oxygen atoms in total. The first-order chi connectivity index (χ1) is 14.7. The number of pyridine rings is 1. The lowest BCUT2D eigenvalue weighted by Gasteiger charge is -2.08. The number of nitrogen functional groups attached to an aromatic ring is 1. The highest BCUT2D eigenvalue weighted by Gasteiger charge is 2.19. The van der Waals surface area contributed by atoms with Crippen molar-refractivity contribution in [1.82, 2.24) is 14.7 Å². The Kier molecular flexibility index (Phi) is 5.15. The summed E-state index contributed by atoms with van der Waals surface area (Å²) in [5.41, 5.74) is 7.43. The fraction of sp³-hybridized carbons (Fsp3) is 0.0476. The van der Waals surface area contributed by atoms with E-state index in [1.165, 1.54) is 30.5 Å². The van der Waals surface area contributed by atoms with Crippen LogP contribution >= 0.6 is 0 Å². The largest absolute Gasteiger partial charge is 0.383 e. The molecule has 0 aliphatic carbocycles. The Bertz CT molecular complexity index is 1380. The number of fused-ring (bicyclic) bond motifs is 1. The molecule has 10 heteroatoms. The quantitative estimate of drug-likeness (QED) is 0.494. The van der Waals surface area contributed by atoms with Gasteiger partial charge in [-0.05, 0) is 42.0 Å². The third kappa shape index (κ3) is 4.10. The minimum Gasteiger partial charge on any atom is -0.383 e. The number of nitrogens with one attached hydrogen (secondary N) is 1. The van der Waals surface area contributed by atoms with Crippen LogP contribution in [0.15, 0.2) is 76.8 Å². The monoisotopic (exact) mass is 442 g/mol. The van der Waals surface area contributed by atoms with Crippen LogP contribution in [0.4, 0.5) is 14.6 Å². The molecule has 0 aliphatic rings. The molecule has 0 radical (unpaired) electrons. The zero-order chi connectivity index (χ0) is 22.2. The van der Waals surface area contributed by atoms with Gasteiger partial charge in [0.25, 0.3) is 5.91 Å². The molecule has 0 fully saturated rings. The number of rotatable bonds is 5. The molecule has 2 aromatic carbocycles. The van der Waals surface area contributed by atoms with Crippen LogP contribution in [0.3, 0.4) is 0 Å². The maximum absolute atomic E-state index is 13.4. The number of aromatic nitrogens is 2. The molecular weight excluding hydrogens is 426 g/mol. The zero-order valence-corrected chi connectivity index (χ0v) is 16.7. The average Bonchev–Trinajstić information content (AvgIpc) is 3.12. The lowest BCUT2D eigenvalue weighted by molar-refractivity contribution is 0.0950. The number of nitrogens with zero attached hydrogens (tertiary/aromatic N) is 2. The van der Waals surface area contributed by atoms with Crippen LogP contribution in [0.1, 0.15) is 15.9 Å². The van der Waals surface area contributed by atoms with Crippen LogP contribution in [-0.2, 0) is 16.4 Å². The number of carbonyl (C=O) groups is 1. The number of hydrogen-bond donors (Lipinski definition) is 2. The SMILES string of the molecule is Nc1cnc2ccc(C(=O)NCc3ccc(S(=O)(=O)c4cc(F)cc(F)c4)cc3)cn12. The van der Waals surface area contributed by atoms with Crippen LogP contribution in [0.2, 0.25) is 0 Å². The number of benzene rings is 2. The van der Waals surface area contributed by atoms with E-state index in [-0.39, 0.29) is 17.3 Å². The Balaban J connectivity index is 1.48. The number of anilines is 1. The van der Waals surface area contributed by atoms with E-state index >= 15 is 0 Å². The molecule has 2 heterocycles. The van der Waals surface area contributed by atoms with Crippen LogP contribution in [-0.4, -0.2) is 23.7 Å². The van der Waals surface area contributed by atoms with Gasteiger partial charge < -0.3 is 11.1 Å². The lowest BCUT2D eigenvalue weighted by atomic mass is 10.2. The van der Waals surface area contributed by atoms with Crippen LogP contribution in [0.25, 0.3) is 5.65 Å². The maximum atomic E-state index is 13.4. The van der Waals surface area contributed by atoms with E-state index in [2.05, 4.69) is 10.3 Å². The van der Waals surface area contributed by atoms with Gasteiger partial charge in [0, 0.05) is 18.8 Å². The second kappa shape index (κ2) is 7.80. The van der Waals surface area contributed by atoms with Crippen molar-refractivity contribution < 1.29 is 22.0 Å². The van der Waals surface area contributed by atoms with E-state index < -0.39 is 26.4 Å². The third-order valence-electron chi connectivity index (χ3n) is 4.63. The van der Waals surface area contributed by atoms with Crippen molar-refractivity contribution in [2.24, 2.45) is 0 Å². The number of nitrogens with two attached hydrogens (primary N) is 1. The molecule has 0 bridgehead atoms. The van der Waals surface area contributed by atoms with Gasteiger partial charge in [0.15, 0.2) is 0 Å². The summed E-state index contributed by atoms with van der Waals surface area (Å²) in [6.45, 7) is 0.144. The summed E-state index contributed by atoms with van der Waals surface area (Å²) in [4.78, 5) is 15.9. The van der Waals surface area contributed by atoms with Crippen molar-refractivity contribution in [3.63, 3.8) is 0 Å². The third-order valence-corrected chi connectivity index (χ3v) is 6.38. The summed E-state index contributed by atoms with van der Waals surface area (Å²) in [7, 11) is -4.08. The van der Waals surface area contributed by atoms with Gasteiger partial charge in [-0.15, -0.1) is 0 Å². The number of sulfone groups is 1. The minimum absolute atomic E-state index is 0.117. The molecule has 0 saturated heterocycles. The summed E-state index contributed by atoms with van der Waals surface area (Å²) in [5.74, 6) is -1.90. The van der Waals surface area contributed by atoms with E-state index in [0.29, 0.717) is 28.7 Å². The molecule has 31 heavy (non-hydrogen) atoms. The van der Waals surface area contributed by atoms with Crippen LogP contribution < -0.4 is 11.1 Å². The first-order valence-corrected chi connectivity index (χ1v) is 10.5.